The minimum Gasteiger partial charge on any atom is -0.478 e. The van der Waals surface area contributed by atoms with Crippen LogP contribution in [0.2, 0.25) is 0 Å². The lowest BCUT2D eigenvalue weighted by atomic mass is 10.1. The van der Waals surface area contributed by atoms with Crippen molar-refractivity contribution in [1.82, 2.24) is 0 Å². The van der Waals surface area contributed by atoms with Crippen molar-refractivity contribution in [2.75, 3.05) is 6.61 Å². The predicted molar refractivity (Wildman–Crippen MR) is 57.8 cm³/mol. The number of hydrogen-bond acceptors (Lipinski definition) is 4. The molecule has 0 spiro atoms. The molecule has 1 atom stereocenters. The second kappa shape index (κ2) is 7.64. The second-order valence-electron chi connectivity index (χ2n) is 3.24. The van der Waals surface area contributed by atoms with Gasteiger partial charge in [0.05, 0.1) is 12.7 Å². The molecule has 0 aliphatic heterocycles. The zero-order chi connectivity index (χ0) is 12.6. The van der Waals surface area contributed by atoms with Crippen molar-refractivity contribution >= 4 is 11.9 Å². The Kier molecular flexibility index (Phi) is 6.87. The van der Waals surface area contributed by atoms with E-state index in [0.29, 0.717) is 0 Å². The van der Waals surface area contributed by atoms with Crippen LogP contribution in [0.1, 0.15) is 19.8 Å². The number of ether oxygens (including phenoxy) is 1. The SMILES string of the molecule is C=CC(=O)OCCC(=CCC(C)O)C(=O)O. The first-order valence-corrected chi connectivity index (χ1v) is 4.87. The van der Waals surface area contributed by atoms with E-state index in [2.05, 4.69) is 11.3 Å². The minimum absolute atomic E-state index is 0.0111. The molecule has 0 radical (unpaired) electrons. The van der Waals surface area contributed by atoms with Gasteiger partial charge in [0, 0.05) is 18.1 Å². The maximum Gasteiger partial charge on any atom is 0.331 e. The lowest BCUT2D eigenvalue weighted by Crippen LogP contribution is -2.08. The molecular formula is C11H16O5. The maximum atomic E-state index is 10.7. The molecule has 0 bridgehead atoms. The number of aliphatic hydroxyl groups is 1. The zero-order valence-corrected chi connectivity index (χ0v) is 9.18. The first-order valence-electron chi connectivity index (χ1n) is 4.87. The number of aliphatic hydroxyl groups excluding tert-OH is 1. The van der Waals surface area contributed by atoms with E-state index >= 15 is 0 Å². The summed E-state index contributed by atoms with van der Waals surface area (Å²) in [5.41, 5.74) is 0.123. The Hall–Kier alpha value is -1.62. The van der Waals surface area contributed by atoms with Gasteiger partial charge in [0.2, 0.25) is 0 Å². The monoisotopic (exact) mass is 228 g/mol. The molecule has 0 aromatic rings. The van der Waals surface area contributed by atoms with Crippen molar-refractivity contribution in [3.8, 4) is 0 Å². The molecule has 0 saturated carbocycles. The van der Waals surface area contributed by atoms with E-state index in [1.807, 2.05) is 0 Å². The van der Waals surface area contributed by atoms with Gasteiger partial charge in [-0.25, -0.2) is 9.59 Å². The van der Waals surface area contributed by atoms with E-state index in [1.54, 1.807) is 6.92 Å². The molecule has 0 amide bonds. The molecule has 1 unspecified atom stereocenters. The van der Waals surface area contributed by atoms with E-state index in [0.717, 1.165) is 6.08 Å². The van der Waals surface area contributed by atoms with Gasteiger partial charge in [-0.1, -0.05) is 12.7 Å². The van der Waals surface area contributed by atoms with Gasteiger partial charge in [0.15, 0.2) is 0 Å². The van der Waals surface area contributed by atoms with Crippen molar-refractivity contribution < 1.29 is 24.5 Å². The molecule has 90 valence electrons. The van der Waals surface area contributed by atoms with Gasteiger partial charge >= 0.3 is 11.9 Å². The molecule has 0 aromatic carbocycles. The van der Waals surface area contributed by atoms with Gasteiger partial charge in [-0.3, -0.25) is 0 Å². The van der Waals surface area contributed by atoms with E-state index in [9.17, 15) is 9.59 Å². The zero-order valence-electron chi connectivity index (χ0n) is 9.18. The first-order chi connectivity index (χ1) is 7.47. The summed E-state index contributed by atoms with van der Waals surface area (Å²) in [4.78, 5) is 21.4. The highest BCUT2D eigenvalue weighted by Crippen LogP contribution is 2.05. The lowest BCUT2D eigenvalue weighted by Gasteiger charge is -2.04. The number of carboxylic acid groups (broad SMARTS) is 1. The number of carbonyl (C=O) groups excluding carboxylic acids is 1. The fourth-order valence-corrected chi connectivity index (χ4v) is 0.930. The van der Waals surface area contributed by atoms with Crippen LogP contribution >= 0.6 is 0 Å². The molecule has 0 aliphatic rings. The van der Waals surface area contributed by atoms with E-state index < -0.39 is 18.0 Å². The predicted octanol–water partition coefficient (Wildman–Crippen LogP) is 0.888. The lowest BCUT2D eigenvalue weighted by molar-refractivity contribution is -0.139. The second-order valence-corrected chi connectivity index (χ2v) is 3.24. The number of rotatable bonds is 7. The maximum absolute atomic E-state index is 10.7. The van der Waals surface area contributed by atoms with Gasteiger partial charge in [0.1, 0.15) is 0 Å². The summed E-state index contributed by atoms with van der Waals surface area (Å²) in [6, 6.07) is 0. The summed E-state index contributed by atoms with van der Waals surface area (Å²) in [6.07, 6.45) is 2.22. The molecule has 16 heavy (non-hydrogen) atoms. The van der Waals surface area contributed by atoms with Crippen LogP contribution in [0, 0.1) is 0 Å². The van der Waals surface area contributed by atoms with Gasteiger partial charge in [-0.2, -0.15) is 0 Å². The summed E-state index contributed by atoms with van der Waals surface area (Å²) >= 11 is 0. The number of hydrogen-bond donors (Lipinski definition) is 2. The van der Waals surface area contributed by atoms with Crippen LogP contribution in [-0.2, 0) is 14.3 Å². The summed E-state index contributed by atoms with van der Waals surface area (Å²) < 4.78 is 4.65. The average Bonchev–Trinajstić information content (AvgIpc) is 2.21. The molecular weight excluding hydrogens is 212 g/mol. The third kappa shape index (κ3) is 6.78. The largest absolute Gasteiger partial charge is 0.478 e. The molecule has 2 N–H and O–H groups in total. The average molecular weight is 228 g/mol. The standard InChI is InChI=1S/C11H16O5/c1-3-10(13)16-7-6-9(11(14)15)5-4-8(2)12/h3,5,8,12H,1,4,6-7H2,2H3,(H,14,15). The Morgan fingerprint density at radius 3 is 2.56 bits per heavy atom. The Bertz CT molecular complexity index is 291. The summed E-state index contributed by atoms with van der Waals surface area (Å²) in [5.74, 6) is -1.66. The van der Waals surface area contributed by atoms with Crippen LogP contribution in [0.4, 0.5) is 0 Å². The number of carbonyl (C=O) groups is 2. The molecule has 0 fully saturated rings. The molecule has 5 heteroatoms. The number of aliphatic carboxylic acids is 1. The van der Waals surface area contributed by atoms with E-state index in [1.165, 1.54) is 6.08 Å². The van der Waals surface area contributed by atoms with E-state index in [4.69, 9.17) is 10.2 Å². The Morgan fingerprint density at radius 2 is 2.12 bits per heavy atom. The third-order valence-electron chi connectivity index (χ3n) is 1.76. The van der Waals surface area contributed by atoms with Crippen LogP contribution in [-0.4, -0.2) is 34.9 Å². The topological polar surface area (TPSA) is 83.8 Å². The number of carboxylic acids is 1. The summed E-state index contributed by atoms with van der Waals surface area (Å²) in [5, 5.41) is 17.8. The van der Waals surface area contributed by atoms with Crippen LogP contribution in [0.25, 0.3) is 0 Å². The van der Waals surface area contributed by atoms with Crippen LogP contribution in [0.15, 0.2) is 24.3 Å². The van der Waals surface area contributed by atoms with Crippen molar-refractivity contribution in [2.24, 2.45) is 0 Å². The summed E-state index contributed by atoms with van der Waals surface area (Å²) in [7, 11) is 0. The van der Waals surface area contributed by atoms with Crippen LogP contribution in [0.3, 0.4) is 0 Å². The highest BCUT2D eigenvalue weighted by atomic mass is 16.5. The highest BCUT2D eigenvalue weighted by molar-refractivity contribution is 5.86. The molecule has 0 aromatic heterocycles. The quantitative estimate of drug-likeness (QED) is 0.499. The Labute approximate surface area is 94.0 Å². The van der Waals surface area contributed by atoms with Crippen molar-refractivity contribution in [2.45, 2.75) is 25.9 Å². The van der Waals surface area contributed by atoms with Gasteiger partial charge in [0.25, 0.3) is 0 Å². The van der Waals surface area contributed by atoms with Crippen molar-refractivity contribution in [1.29, 1.82) is 0 Å². The van der Waals surface area contributed by atoms with Crippen LogP contribution < -0.4 is 0 Å². The smallest absolute Gasteiger partial charge is 0.331 e. The minimum atomic E-state index is -1.07. The van der Waals surface area contributed by atoms with Gasteiger partial charge < -0.3 is 14.9 Å². The highest BCUT2D eigenvalue weighted by Gasteiger charge is 2.08. The first kappa shape index (κ1) is 14.4. The van der Waals surface area contributed by atoms with E-state index in [-0.39, 0.29) is 25.0 Å². The van der Waals surface area contributed by atoms with Crippen LogP contribution in [0.5, 0.6) is 0 Å². The molecule has 0 saturated heterocycles. The Morgan fingerprint density at radius 1 is 1.50 bits per heavy atom. The normalized spacial score (nSPS) is 13.0. The molecule has 0 heterocycles. The van der Waals surface area contributed by atoms with Crippen molar-refractivity contribution in [3.05, 3.63) is 24.3 Å². The third-order valence-corrected chi connectivity index (χ3v) is 1.76. The van der Waals surface area contributed by atoms with Gasteiger partial charge in [-0.05, 0) is 13.3 Å². The summed E-state index contributed by atoms with van der Waals surface area (Å²) in [6.45, 7) is 4.77. The fraction of sp³-hybridized carbons (Fsp3) is 0.455. The molecule has 5 nitrogen and oxygen atoms in total. The Balaban J connectivity index is 4.14. The molecule has 0 rings (SSSR count). The number of esters is 1. The fourth-order valence-electron chi connectivity index (χ4n) is 0.930. The van der Waals surface area contributed by atoms with Crippen molar-refractivity contribution in [3.63, 3.8) is 0 Å². The molecule has 0 aliphatic carbocycles. The van der Waals surface area contributed by atoms with Gasteiger partial charge in [-0.15, -0.1) is 0 Å².